The maximum Gasteiger partial charge on any atom is 0.323 e. The van der Waals surface area contributed by atoms with Crippen LogP contribution in [0.15, 0.2) is 29.2 Å². The smallest absolute Gasteiger partial charge is 0.323 e. The molecule has 1 saturated heterocycles. The Morgan fingerprint density at radius 3 is 2.63 bits per heavy atom. The van der Waals surface area contributed by atoms with E-state index in [0.29, 0.717) is 17.9 Å². The first kappa shape index (κ1) is 31.9. The standard InChI is InChI=1S/C24H35N3O5S.2BrH/c1-2-32-24(31)18(8-4-3-7-17-11-13-25-14-12-17)26-19-16-33-21-10-6-5-9-20(21)27(23(19)30)15-22(28)29;;/h5-6,9-10,17-19,25-26H,2-4,7-8,11-16H2,1H3,(H,28,29);2*1H/t18-,19+;;/m1../s1. The van der Waals surface area contributed by atoms with Crippen LogP contribution in [0.4, 0.5) is 5.69 Å². The second kappa shape index (κ2) is 16.6. The average molecular weight is 639 g/mol. The minimum absolute atomic E-state index is 0. The van der Waals surface area contributed by atoms with Crippen molar-refractivity contribution in [2.75, 3.05) is 36.9 Å². The Kier molecular flexibility index (Phi) is 15.1. The van der Waals surface area contributed by atoms with Crippen molar-refractivity contribution in [1.82, 2.24) is 10.6 Å². The zero-order chi connectivity index (χ0) is 23.6. The normalized spacial score (nSPS) is 18.9. The fourth-order valence-corrected chi connectivity index (χ4v) is 5.56. The van der Waals surface area contributed by atoms with Gasteiger partial charge in [0.2, 0.25) is 5.91 Å². The van der Waals surface area contributed by atoms with Gasteiger partial charge in [-0.2, -0.15) is 0 Å². The number of hydrogen-bond acceptors (Lipinski definition) is 7. The Morgan fingerprint density at radius 2 is 1.94 bits per heavy atom. The number of benzene rings is 1. The number of fused-ring (bicyclic) bond motifs is 1. The van der Waals surface area contributed by atoms with E-state index in [1.807, 2.05) is 12.1 Å². The Balaban J connectivity index is 0.00000306. The number of hydrogen-bond donors (Lipinski definition) is 3. The minimum Gasteiger partial charge on any atom is -0.480 e. The van der Waals surface area contributed by atoms with Gasteiger partial charge in [-0.3, -0.25) is 24.6 Å². The van der Waals surface area contributed by atoms with Crippen LogP contribution in [0.2, 0.25) is 0 Å². The van der Waals surface area contributed by atoms with Crippen molar-refractivity contribution < 1.29 is 24.2 Å². The summed E-state index contributed by atoms with van der Waals surface area (Å²) in [5.74, 6) is -0.619. The molecule has 0 aliphatic carbocycles. The van der Waals surface area contributed by atoms with Crippen LogP contribution in [-0.4, -0.2) is 67.0 Å². The number of thioether (sulfide) groups is 1. The molecular weight excluding hydrogens is 602 g/mol. The van der Waals surface area contributed by atoms with E-state index in [4.69, 9.17) is 4.74 Å². The molecule has 2 atom stereocenters. The molecule has 0 saturated carbocycles. The third-order valence-electron chi connectivity index (χ3n) is 6.21. The van der Waals surface area contributed by atoms with Crippen LogP contribution in [0.5, 0.6) is 0 Å². The number of para-hydroxylation sites is 1. The topological polar surface area (TPSA) is 108 Å². The molecule has 3 rings (SSSR count). The molecule has 2 aliphatic heterocycles. The third-order valence-corrected chi connectivity index (χ3v) is 7.36. The lowest BCUT2D eigenvalue weighted by atomic mass is 9.92. The van der Waals surface area contributed by atoms with E-state index in [-0.39, 0.29) is 52.4 Å². The summed E-state index contributed by atoms with van der Waals surface area (Å²) in [7, 11) is 0. The highest BCUT2D eigenvalue weighted by atomic mass is 79.9. The van der Waals surface area contributed by atoms with Crippen LogP contribution >= 0.6 is 45.7 Å². The molecular formula is C24H37Br2N3O5S. The van der Waals surface area contributed by atoms with Crippen molar-refractivity contribution in [3.8, 4) is 0 Å². The molecule has 11 heteroatoms. The van der Waals surface area contributed by atoms with Gasteiger partial charge >= 0.3 is 11.9 Å². The zero-order valence-electron chi connectivity index (χ0n) is 20.1. The lowest BCUT2D eigenvalue weighted by Gasteiger charge is -2.27. The van der Waals surface area contributed by atoms with Gasteiger partial charge in [-0.25, -0.2) is 0 Å². The van der Waals surface area contributed by atoms with Crippen LogP contribution in [0, 0.1) is 5.92 Å². The quantitative estimate of drug-likeness (QED) is 0.248. The molecule has 1 aromatic rings. The van der Waals surface area contributed by atoms with E-state index in [1.54, 1.807) is 19.1 Å². The highest BCUT2D eigenvalue weighted by Gasteiger charge is 2.34. The molecule has 35 heavy (non-hydrogen) atoms. The summed E-state index contributed by atoms with van der Waals surface area (Å²) in [6.45, 7) is 3.78. The van der Waals surface area contributed by atoms with Gasteiger partial charge in [0.1, 0.15) is 12.6 Å². The maximum atomic E-state index is 13.3. The van der Waals surface area contributed by atoms with Crippen molar-refractivity contribution in [1.29, 1.82) is 0 Å². The Hall–Kier alpha value is -1.14. The molecule has 1 amide bonds. The molecule has 0 unspecified atom stereocenters. The Labute approximate surface area is 232 Å². The molecule has 1 fully saturated rings. The van der Waals surface area contributed by atoms with Gasteiger partial charge in [-0.15, -0.1) is 45.7 Å². The first-order valence-corrected chi connectivity index (χ1v) is 12.9. The lowest BCUT2D eigenvalue weighted by molar-refractivity contribution is -0.146. The zero-order valence-corrected chi connectivity index (χ0v) is 24.3. The van der Waals surface area contributed by atoms with Crippen LogP contribution in [0.25, 0.3) is 0 Å². The van der Waals surface area contributed by atoms with Gasteiger partial charge in [-0.05, 0) is 57.3 Å². The summed E-state index contributed by atoms with van der Waals surface area (Å²) < 4.78 is 5.28. The number of carboxylic acid groups (broad SMARTS) is 1. The molecule has 0 spiro atoms. The summed E-state index contributed by atoms with van der Waals surface area (Å²) >= 11 is 1.49. The second-order valence-electron chi connectivity index (χ2n) is 8.60. The number of esters is 1. The average Bonchev–Trinajstić information content (AvgIpc) is 2.93. The highest BCUT2D eigenvalue weighted by Crippen LogP contribution is 2.34. The van der Waals surface area contributed by atoms with Crippen LogP contribution in [-0.2, 0) is 19.1 Å². The predicted molar refractivity (Wildman–Crippen MR) is 149 cm³/mol. The number of carbonyl (C=O) groups excluding carboxylic acids is 2. The number of ether oxygens (including phenoxy) is 1. The number of piperidine rings is 1. The summed E-state index contributed by atoms with van der Waals surface area (Å²) in [4.78, 5) is 39.6. The number of aliphatic carboxylic acids is 1. The van der Waals surface area contributed by atoms with Gasteiger partial charge in [0.15, 0.2) is 0 Å². The second-order valence-corrected chi connectivity index (χ2v) is 9.66. The van der Waals surface area contributed by atoms with Crippen molar-refractivity contribution >= 4 is 69.3 Å². The number of unbranched alkanes of at least 4 members (excludes halogenated alkanes) is 1. The molecule has 2 heterocycles. The molecule has 3 N–H and O–H groups in total. The third kappa shape index (κ3) is 9.68. The van der Waals surface area contributed by atoms with Crippen LogP contribution < -0.4 is 15.5 Å². The molecule has 0 radical (unpaired) electrons. The van der Waals surface area contributed by atoms with Crippen molar-refractivity contribution in [3.05, 3.63) is 24.3 Å². The highest BCUT2D eigenvalue weighted by molar-refractivity contribution is 8.93. The van der Waals surface area contributed by atoms with Gasteiger partial charge in [-0.1, -0.05) is 31.4 Å². The number of nitrogens with zero attached hydrogens (tertiary/aromatic N) is 1. The molecule has 2 aliphatic rings. The number of nitrogens with one attached hydrogen (secondary N) is 2. The van der Waals surface area contributed by atoms with E-state index in [0.717, 1.165) is 43.2 Å². The number of halogens is 2. The molecule has 198 valence electrons. The fourth-order valence-electron chi connectivity index (χ4n) is 4.48. The number of anilines is 1. The van der Waals surface area contributed by atoms with Gasteiger partial charge < -0.3 is 15.2 Å². The van der Waals surface area contributed by atoms with E-state index < -0.39 is 24.6 Å². The van der Waals surface area contributed by atoms with Crippen molar-refractivity contribution in [3.63, 3.8) is 0 Å². The summed E-state index contributed by atoms with van der Waals surface area (Å²) in [5.41, 5.74) is 0.592. The first-order valence-electron chi connectivity index (χ1n) is 11.9. The monoisotopic (exact) mass is 637 g/mol. The summed E-state index contributed by atoms with van der Waals surface area (Å²) in [5, 5.41) is 16.0. The molecule has 0 bridgehead atoms. The minimum atomic E-state index is -1.08. The Morgan fingerprint density at radius 1 is 1.23 bits per heavy atom. The van der Waals surface area contributed by atoms with Gasteiger partial charge in [0.05, 0.1) is 18.3 Å². The van der Waals surface area contributed by atoms with Gasteiger partial charge in [0.25, 0.3) is 0 Å². The summed E-state index contributed by atoms with van der Waals surface area (Å²) in [6, 6.07) is 6.02. The van der Waals surface area contributed by atoms with Crippen molar-refractivity contribution in [2.45, 2.75) is 62.4 Å². The molecule has 8 nitrogen and oxygen atoms in total. The SMILES string of the molecule is Br.Br.CCOC(=O)[C@@H](CCCCC1CCNCC1)N[C@H]1CSc2ccccc2N(CC(=O)O)C1=O. The Bertz CT molecular complexity index is 826. The van der Waals surface area contributed by atoms with Gasteiger partial charge in [0, 0.05) is 10.6 Å². The summed E-state index contributed by atoms with van der Waals surface area (Å²) in [6.07, 6.45) is 6.04. The number of carbonyl (C=O) groups is 3. The lowest BCUT2D eigenvalue weighted by Crippen LogP contribution is -2.54. The van der Waals surface area contributed by atoms with E-state index in [1.165, 1.54) is 29.5 Å². The molecule has 0 aromatic heterocycles. The van der Waals surface area contributed by atoms with Crippen molar-refractivity contribution in [2.24, 2.45) is 5.92 Å². The number of rotatable bonds is 11. The van der Waals surface area contributed by atoms with E-state index >= 15 is 0 Å². The first-order chi connectivity index (χ1) is 16.0. The van der Waals surface area contributed by atoms with E-state index in [9.17, 15) is 19.5 Å². The predicted octanol–water partition coefficient (Wildman–Crippen LogP) is 3.82. The van der Waals surface area contributed by atoms with Crippen LogP contribution in [0.3, 0.4) is 0 Å². The van der Waals surface area contributed by atoms with Crippen LogP contribution in [0.1, 0.15) is 45.4 Å². The number of amides is 1. The maximum absolute atomic E-state index is 13.3. The van der Waals surface area contributed by atoms with E-state index in [2.05, 4.69) is 10.6 Å². The fraction of sp³-hybridized carbons (Fsp3) is 0.625. The number of carboxylic acids is 1. The largest absolute Gasteiger partial charge is 0.480 e. The molecule has 1 aromatic carbocycles.